The average Bonchev–Trinajstić information content (AvgIpc) is 3.34. The molecule has 0 spiro atoms. The van der Waals surface area contributed by atoms with Gasteiger partial charge in [-0.2, -0.15) is 5.10 Å². The van der Waals surface area contributed by atoms with E-state index in [0.717, 1.165) is 17.7 Å². The van der Waals surface area contributed by atoms with Crippen molar-refractivity contribution in [2.75, 3.05) is 5.32 Å². The number of carbonyl (C=O) groups excluding carboxylic acids is 1. The van der Waals surface area contributed by atoms with Crippen LogP contribution in [0.3, 0.4) is 0 Å². The lowest BCUT2D eigenvalue weighted by Gasteiger charge is -2.24. The van der Waals surface area contributed by atoms with Crippen molar-refractivity contribution in [1.82, 2.24) is 9.78 Å². The molecule has 2 aromatic rings. The standard InChI is InChI=1S/C21H21Cl2N3O3/c1-10-19(11(2)26(25-10)9-14-15(22)4-3-5-16(14)23)24-20(27)17-12-6-7-13(8-12)18(17)21(28)29/h3-7,12-13,17-18H,8-9H2,1-2H3,(H,24,27)(H,28,29)/t12-,13-,17+,18-/m0/s1. The van der Waals surface area contributed by atoms with E-state index in [2.05, 4.69) is 10.4 Å². The molecule has 1 saturated carbocycles. The van der Waals surface area contributed by atoms with Crippen molar-refractivity contribution in [3.8, 4) is 0 Å². The van der Waals surface area contributed by atoms with Gasteiger partial charge in [0.2, 0.25) is 5.91 Å². The summed E-state index contributed by atoms with van der Waals surface area (Å²) in [5, 5.41) is 18.2. The van der Waals surface area contributed by atoms with Crippen molar-refractivity contribution < 1.29 is 14.7 Å². The summed E-state index contributed by atoms with van der Waals surface area (Å²) in [6.45, 7) is 4.04. The molecule has 1 aromatic carbocycles. The van der Waals surface area contributed by atoms with Crippen LogP contribution in [0.2, 0.25) is 10.0 Å². The summed E-state index contributed by atoms with van der Waals surface area (Å²) in [5.41, 5.74) is 2.78. The minimum absolute atomic E-state index is 0.0290. The van der Waals surface area contributed by atoms with Crippen molar-refractivity contribution in [1.29, 1.82) is 0 Å². The number of aliphatic carboxylic acids is 1. The Kier molecular flexibility index (Phi) is 5.17. The molecule has 0 aliphatic heterocycles. The summed E-state index contributed by atoms with van der Waals surface area (Å²) in [7, 11) is 0. The Hall–Kier alpha value is -2.31. The molecule has 0 unspecified atom stereocenters. The number of hydrogen-bond donors (Lipinski definition) is 2. The van der Waals surface area contributed by atoms with E-state index in [4.69, 9.17) is 23.2 Å². The third-order valence-corrected chi connectivity index (χ3v) is 6.75. The van der Waals surface area contributed by atoms with Crippen LogP contribution in [0.25, 0.3) is 0 Å². The monoisotopic (exact) mass is 433 g/mol. The molecule has 29 heavy (non-hydrogen) atoms. The van der Waals surface area contributed by atoms with Crippen LogP contribution in [0.15, 0.2) is 30.4 Å². The molecular weight excluding hydrogens is 413 g/mol. The molecule has 2 N–H and O–H groups in total. The highest BCUT2D eigenvalue weighted by Crippen LogP contribution is 2.48. The number of carbonyl (C=O) groups is 2. The number of aryl methyl sites for hydroxylation is 1. The molecule has 0 radical (unpaired) electrons. The van der Waals surface area contributed by atoms with Crippen LogP contribution in [-0.2, 0) is 16.1 Å². The van der Waals surface area contributed by atoms with Crippen molar-refractivity contribution in [3.05, 3.63) is 57.3 Å². The van der Waals surface area contributed by atoms with Gasteiger partial charge in [-0.15, -0.1) is 0 Å². The number of carboxylic acids is 1. The number of rotatable bonds is 5. The zero-order valence-corrected chi connectivity index (χ0v) is 17.5. The number of benzene rings is 1. The van der Waals surface area contributed by atoms with Crippen LogP contribution in [0.5, 0.6) is 0 Å². The first-order valence-electron chi connectivity index (χ1n) is 9.46. The number of nitrogens with zero attached hydrogens (tertiary/aromatic N) is 2. The predicted octanol–water partition coefficient (Wildman–Crippen LogP) is 4.32. The third-order valence-electron chi connectivity index (χ3n) is 6.05. The maximum absolute atomic E-state index is 13.0. The molecule has 4 rings (SSSR count). The number of aromatic nitrogens is 2. The molecule has 2 aliphatic rings. The van der Waals surface area contributed by atoms with Gasteiger partial charge in [0.05, 0.1) is 35.5 Å². The van der Waals surface area contributed by atoms with E-state index in [1.807, 2.05) is 26.0 Å². The fraction of sp³-hybridized carbons (Fsp3) is 0.381. The highest BCUT2D eigenvalue weighted by atomic mass is 35.5. The lowest BCUT2D eigenvalue weighted by atomic mass is 9.82. The quantitative estimate of drug-likeness (QED) is 0.687. The van der Waals surface area contributed by atoms with Crippen LogP contribution >= 0.6 is 23.2 Å². The highest BCUT2D eigenvalue weighted by molar-refractivity contribution is 6.36. The largest absolute Gasteiger partial charge is 0.481 e. The normalized spacial score (nSPS) is 24.8. The summed E-state index contributed by atoms with van der Waals surface area (Å²) in [5.74, 6) is -2.53. The third kappa shape index (κ3) is 3.45. The molecule has 2 aliphatic carbocycles. The first kappa shape index (κ1) is 20.0. The first-order valence-corrected chi connectivity index (χ1v) is 10.2. The summed E-state index contributed by atoms with van der Waals surface area (Å²) < 4.78 is 1.74. The van der Waals surface area contributed by atoms with Crippen molar-refractivity contribution >= 4 is 40.8 Å². The Bertz CT molecular complexity index is 1010. The summed E-state index contributed by atoms with van der Waals surface area (Å²) in [6, 6.07) is 5.32. The van der Waals surface area contributed by atoms with Crippen LogP contribution in [-0.4, -0.2) is 26.8 Å². The van der Waals surface area contributed by atoms with Gasteiger partial charge in [-0.3, -0.25) is 14.3 Å². The Morgan fingerprint density at radius 1 is 1.17 bits per heavy atom. The first-order chi connectivity index (χ1) is 13.8. The fourth-order valence-corrected chi connectivity index (χ4v) is 5.10. The van der Waals surface area contributed by atoms with Gasteiger partial charge in [0.15, 0.2) is 0 Å². The van der Waals surface area contributed by atoms with Crippen molar-refractivity contribution in [2.24, 2.45) is 23.7 Å². The summed E-state index contributed by atoms with van der Waals surface area (Å²) >= 11 is 12.5. The number of amides is 1. The molecule has 4 atom stereocenters. The SMILES string of the molecule is Cc1nn(Cc2c(Cl)cccc2Cl)c(C)c1NC(=O)[C@H]1[C@@H](C(=O)O)[C@H]2C=C[C@H]1C2. The van der Waals surface area contributed by atoms with E-state index in [0.29, 0.717) is 28.0 Å². The number of halogens is 2. The minimum atomic E-state index is -0.917. The van der Waals surface area contributed by atoms with Crippen molar-refractivity contribution in [2.45, 2.75) is 26.8 Å². The summed E-state index contributed by atoms with van der Waals surface area (Å²) in [4.78, 5) is 24.7. The number of nitrogens with one attached hydrogen (secondary N) is 1. The van der Waals surface area contributed by atoms with Gasteiger partial charge in [-0.1, -0.05) is 41.4 Å². The number of fused-ring (bicyclic) bond motifs is 2. The molecule has 1 fully saturated rings. The van der Waals surface area contributed by atoms with Crippen LogP contribution in [0.4, 0.5) is 5.69 Å². The number of carboxylic acid groups (broad SMARTS) is 1. The molecule has 2 bridgehead atoms. The van der Waals surface area contributed by atoms with Crippen molar-refractivity contribution in [3.63, 3.8) is 0 Å². The second-order valence-electron chi connectivity index (χ2n) is 7.73. The molecular formula is C21H21Cl2N3O3. The Morgan fingerprint density at radius 3 is 2.41 bits per heavy atom. The Balaban J connectivity index is 1.58. The fourth-order valence-electron chi connectivity index (χ4n) is 4.59. The molecule has 1 heterocycles. The highest BCUT2D eigenvalue weighted by Gasteiger charge is 2.51. The maximum Gasteiger partial charge on any atom is 0.307 e. The van der Waals surface area contributed by atoms with Gasteiger partial charge >= 0.3 is 5.97 Å². The second-order valence-corrected chi connectivity index (χ2v) is 8.55. The molecule has 152 valence electrons. The minimum Gasteiger partial charge on any atom is -0.481 e. The van der Waals surface area contributed by atoms with E-state index in [1.54, 1.807) is 22.9 Å². The van der Waals surface area contributed by atoms with Gasteiger partial charge in [0.1, 0.15) is 0 Å². The lowest BCUT2D eigenvalue weighted by Crippen LogP contribution is -2.36. The smallest absolute Gasteiger partial charge is 0.307 e. The molecule has 0 saturated heterocycles. The Labute approximate surface area is 178 Å². The zero-order chi connectivity index (χ0) is 20.9. The lowest BCUT2D eigenvalue weighted by molar-refractivity contribution is -0.146. The van der Waals surface area contributed by atoms with Crippen LogP contribution < -0.4 is 5.32 Å². The number of allylic oxidation sites excluding steroid dienone is 2. The summed E-state index contributed by atoms with van der Waals surface area (Å²) in [6.07, 6.45) is 4.61. The van der Waals surface area contributed by atoms with Gasteiger partial charge in [0, 0.05) is 15.6 Å². The topological polar surface area (TPSA) is 84.2 Å². The van der Waals surface area contributed by atoms with Crippen LogP contribution in [0.1, 0.15) is 23.4 Å². The zero-order valence-electron chi connectivity index (χ0n) is 16.0. The molecule has 8 heteroatoms. The predicted molar refractivity (Wildman–Crippen MR) is 111 cm³/mol. The maximum atomic E-state index is 13.0. The van der Waals surface area contributed by atoms with E-state index in [-0.39, 0.29) is 17.7 Å². The van der Waals surface area contributed by atoms with E-state index in [1.165, 1.54) is 0 Å². The van der Waals surface area contributed by atoms with Gasteiger partial charge in [-0.25, -0.2) is 0 Å². The molecule has 6 nitrogen and oxygen atoms in total. The van der Waals surface area contributed by atoms with Gasteiger partial charge < -0.3 is 10.4 Å². The Morgan fingerprint density at radius 2 is 1.79 bits per heavy atom. The molecule has 1 amide bonds. The van der Waals surface area contributed by atoms with Crippen LogP contribution in [0, 0.1) is 37.5 Å². The molecule has 1 aromatic heterocycles. The van der Waals surface area contributed by atoms with E-state index < -0.39 is 17.8 Å². The van der Waals surface area contributed by atoms with Gasteiger partial charge in [-0.05, 0) is 44.2 Å². The van der Waals surface area contributed by atoms with E-state index >= 15 is 0 Å². The number of anilines is 1. The second kappa shape index (κ2) is 7.50. The van der Waals surface area contributed by atoms with Gasteiger partial charge in [0.25, 0.3) is 0 Å². The average molecular weight is 434 g/mol. The number of hydrogen-bond acceptors (Lipinski definition) is 3. The van der Waals surface area contributed by atoms with E-state index in [9.17, 15) is 14.7 Å².